The van der Waals surface area contributed by atoms with E-state index in [1.807, 2.05) is 6.92 Å². The number of allylic oxidation sites excluding steroid dienone is 1. The second-order valence-electron chi connectivity index (χ2n) is 2.66. The molecular weight excluding hydrogens is 136 g/mol. The Labute approximate surface area is 69.4 Å². The molecule has 0 atom stereocenters. The predicted molar refractivity (Wildman–Crippen MR) is 50.0 cm³/mol. The number of nitrogens with one attached hydrogen (secondary N) is 2. The van der Waals surface area contributed by atoms with Gasteiger partial charge in [-0.15, -0.1) is 0 Å². The summed E-state index contributed by atoms with van der Waals surface area (Å²) in [6.07, 6.45) is 2.38. The Morgan fingerprint density at radius 1 is 1.36 bits per heavy atom. The van der Waals surface area contributed by atoms with E-state index in [1.54, 1.807) is 0 Å². The van der Waals surface area contributed by atoms with Gasteiger partial charge in [0.1, 0.15) is 0 Å². The Balaban J connectivity index is 3.30. The summed E-state index contributed by atoms with van der Waals surface area (Å²) in [4.78, 5) is 0. The summed E-state index contributed by atoms with van der Waals surface area (Å²) in [7, 11) is 0. The minimum atomic E-state index is 0.839. The van der Waals surface area contributed by atoms with E-state index < -0.39 is 0 Å². The summed E-state index contributed by atoms with van der Waals surface area (Å²) in [6, 6.07) is 0. The van der Waals surface area contributed by atoms with Gasteiger partial charge in [-0.1, -0.05) is 26.5 Å². The maximum absolute atomic E-state index is 3.78. The Bertz CT molecular complexity index is 138. The van der Waals surface area contributed by atoms with Gasteiger partial charge in [0.05, 0.1) is 5.82 Å². The van der Waals surface area contributed by atoms with Crippen LogP contribution in [0, 0.1) is 0 Å². The van der Waals surface area contributed by atoms with Gasteiger partial charge in [0.25, 0.3) is 0 Å². The molecule has 0 saturated heterocycles. The largest absolute Gasteiger partial charge is 0.372 e. The van der Waals surface area contributed by atoms with Crippen molar-refractivity contribution in [2.24, 2.45) is 0 Å². The van der Waals surface area contributed by atoms with Gasteiger partial charge >= 0.3 is 0 Å². The third-order valence-corrected chi connectivity index (χ3v) is 1.23. The zero-order valence-corrected chi connectivity index (χ0v) is 7.54. The fraction of sp³-hybridized carbons (Fsp3) is 0.556. The molecule has 0 fully saturated rings. The Hall–Kier alpha value is -0.920. The van der Waals surface area contributed by atoms with E-state index in [9.17, 15) is 0 Å². The van der Waals surface area contributed by atoms with Gasteiger partial charge in [0.15, 0.2) is 0 Å². The molecule has 0 bridgehead atoms. The van der Waals surface area contributed by atoms with E-state index in [1.165, 1.54) is 12.8 Å². The molecule has 0 heterocycles. The summed E-state index contributed by atoms with van der Waals surface area (Å²) in [5.41, 5.74) is 0.916. The lowest BCUT2D eigenvalue weighted by molar-refractivity contribution is 0.680. The summed E-state index contributed by atoms with van der Waals surface area (Å²) < 4.78 is 0. The number of unbranched alkanes of at least 4 members (excludes halogenated alkanes) is 1. The van der Waals surface area contributed by atoms with Gasteiger partial charge in [-0.3, -0.25) is 0 Å². The van der Waals surface area contributed by atoms with Gasteiger partial charge in [-0.05, 0) is 13.3 Å². The van der Waals surface area contributed by atoms with Crippen LogP contribution in [0.25, 0.3) is 0 Å². The second kappa shape index (κ2) is 5.83. The van der Waals surface area contributed by atoms with Crippen LogP contribution in [0.2, 0.25) is 0 Å². The molecule has 64 valence electrons. The summed E-state index contributed by atoms with van der Waals surface area (Å²) >= 11 is 0. The van der Waals surface area contributed by atoms with Crippen LogP contribution in [-0.2, 0) is 0 Å². The lowest BCUT2D eigenvalue weighted by Gasteiger charge is -2.10. The zero-order chi connectivity index (χ0) is 8.69. The Kier molecular flexibility index (Phi) is 5.35. The normalized spacial score (nSPS) is 8.91. The molecule has 0 aliphatic rings. The molecule has 0 unspecified atom stereocenters. The van der Waals surface area contributed by atoms with Crippen molar-refractivity contribution in [1.29, 1.82) is 0 Å². The van der Waals surface area contributed by atoms with Gasteiger partial charge in [0, 0.05) is 12.2 Å². The van der Waals surface area contributed by atoms with Crippen LogP contribution < -0.4 is 10.6 Å². The fourth-order valence-electron chi connectivity index (χ4n) is 0.718. The average Bonchev–Trinajstić information content (AvgIpc) is 1.86. The van der Waals surface area contributed by atoms with Crippen LogP contribution in [0.15, 0.2) is 24.7 Å². The van der Waals surface area contributed by atoms with Gasteiger partial charge < -0.3 is 10.6 Å². The van der Waals surface area contributed by atoms with Gasteiger partial charge in [-0.25, -0.2) is 0 Å². The highest BCUT2D eigenvalue weighted by Crippen LogP contribution is 1.87. The molecule has 11 heavy (non-hydrogen) atoms. The SMILES string of the molecule is C=C(C)NC(=C)NCCCC. The van der Waals surface area contributed by atoms with Crippen molar-refractivity contribution in [2.75, 3.05) is 6.54 Å². The molecule has 2 N–H and O–H groups in total. The molecule has 0 aromatic carbocycles. The van der Waals surface area contributed by atoms with Crippen molar-refractivity contribution in [3.63, 3.8) is 0 Å². The van der Waals surface area contributed by atoms with E-state index in [4.69, 9.17) is 0 Å². The van der Waals surface area contributed by atoms with Crippen LogP contribution in [0.5, 0.6) is 0 Å². The molecule has 0 amide bonds. The standard InChI is InChI=1S/C9H18N2/c1-5-6-7-10-9(4)11-8(2)3/h10-11H,2,4-7H2,1,3H3. The first-order valence-electron chi connectivity index (χ1n) is 4.02. The molecule has 0 aromatic rings. The molecule has 0 rings (SSSR count). The first-order chi connectivity index (χ1) is 5.16. The first kappa shape index (κ1) is 10.1. The van der Waals surface area contributed by atoms with Crippen molar-refractivity contribution < 1.29 is 0 Å². The lowest BCUT2D eigenvalue weighted by atomic mass is 10.3. The molecule has 0 saturated carbocycles. The van der Waals surface area contributed by atoms with Crippen molar-refractivity contribution in [3.8, 4) is 0 Å². The monoisotopic (exact) mass is 154 g/mol. The highest BCUT2D eigenvalue weighted by atomic mass is 15.1. The third-order valence-electron chi connectivity index (χ3n) is 1.23. The van der Waals surface area contributed by atoms with Crippen LogP contribution >= 0.6 is 0 Å². The molecule has 0 spiro atoms. The minimum absolute atomic E-state index is 0.839. The summed E-state index contributed by atoms with van der Waals surface area (Å²) in [5, 5.41) is 6.15. The van der Waals surface area contributed by atoms with Gasteiger partial charge in [-0.2, -0.15) is 0 Å². The van der Waals surface area contributed by atoms with E-state index in [2.05, 4.69) is 30.7 Å². The minimum Gasteiger partial charge on any atom is -0.372 e. The lowest BCUT2D eigenvalue weighted by Crippen LogP contribution is -2.24. The van der Waals surface area contributed by atoms with Crippen LogP contribution in [0.4, 0.5) is 0 Å². The number of hydrogen-bond donors (Lipinski definition) is 2. The fourth-order valence-corrected chi connectivity index (χ4v) is 0.718. The van der Waals surface area contributed by atoms with Crippen molar-refractivity contribution >= 4 is 0 Å². The highest BCUT2D eigenvalue weighted by molar-refractivity contribution is 4.99. The molecule has 0 radical (unpaired) electrons. The molecular formula is C9H18N2. The maximum atomic E-state index is 3.78. The smallest absolute Gasteiger partial charge is 0.0954 e. The summed E-state index contributed by atoms with van der Waals surface area (Å²) in [5.74, 6) is 0.839. The van der Waals surface area contributed by atoms with E-state index >= 15 is 0 Å². The van der Waals surface area contributed by atoms with Crippen LogP contribution in [0.3, 0.4) is 0 Å². The average molecular weight is 154 g/mol. The summed E-state index contributed by atoms with van der Waals surface area (Å²) in [6.45, 7) is 12.5. The Morgan fingerprint density at radius 2 is 2.00 bits per heavy atom. The number of hydrogen-bond acceptors (Lipinski definition) is 2. The van der Waals surface area contributed by atoms with Gasteiger partial charge in [0.2, 0.25) is 0 Å². The first-order valence-corrected chi connectivity index (χ1v) is 4.02. The molecule has 2 nitrogen and oxygen atoms in total. The van der Waals surface area contributed by atoms with E-state index in [0.717, 1.165) is 18.1 Å². The predicted octanol–water partition coefficient (Wildman–Crippen LogP) is 1.97. The second-order valence-corrected chi connectivity index (χ2v) is 2.66. The molecule has 2 heteroatoms. The molecule has 0 aliphatic carbocycles. The van der Waals surface area contributed by atoms with Crippen LogP contribution in [0.1, 0.15) is 26.7 Å². The topological polar surface area (TPSA) is 24.1 Å². The number of rotatable bonds is 6. The Morgan fingerprint density at radius 3 is 2.45 bits per heavy atom. The van der Waals surface area contributed by atoms with Crippen molar-refractivity contribution in [2.45, 2.75) is 26.7 Å². The maximum Gasteiger partial charge on any atom is 0.0954 e. The van der Waals surface area contributed by atoms with Crippen molar-refractivity contribution in [1.82, 2.24) is 10.6 Å². The molecule has 0 aliphatic heterocycles. The van der Waals surface area contributed by atoms with Crippen LogP contribution in [-0.4, -0.2) is 6.54 Å². The zero-order valence-electron chi connectivity index (χ0n) is 7.54. The van der Waals surface area contributed by atoms with E-state index in [0.29, 0.717) is 0 Å². The third kappa shape index (κ3) is 6.97. The van der Waals surface area contributed by atoms with Crippen molar-refractivity contribution in [3.05, 3.63) is 24.7 Å². The van der Waals surface area contributed by atoms with E-state index in [-0.39, 0.29) is 0 Å². The quantitative estimate of drug-likeness (QED) is 0.571. The molecule has 0 aromatic heterocycles. The highest BCUT2D eigenvalue weighted by Gasteiger charge is 1.89.